The van der Waals surface area contributed by atoms with Gasteiger partial charge in [0.25, 0.3) is 0 Å². The molecule has 0 aliphatic heterocycles. The summed E-state index contributed by atoms with van der Waals surface area (Å²) in [6.45, 7) is 11.4. The van der Waals surface area contributed by atoms with Gasteiger partial charge in [-0.1, -0.05) is 76.9 Å². The quantitative estimate of drug-likeness (QED) is 0.179. The highest BCUT2D eigenvalue weighted by Crippen LogP contribution is 2.72. The molecule has 0 aliphatic carbocycles. The Morgan fingerprint density at radius 1 is 0.914 bits per heavy atom. The molecule has 0 radical (unpaired) electrons. The van der Waals surface area contributed by atoms with Crippen LogP contribution in [0.2, 0.25) is 0 Å². The second kappa shape index (κ2) is 18.8. The third kappa shape index (κ3) is 12.4. The molecule has 35 heavy (non-hydrogen) atoms. The molecule has 0 aliphatic rings. The van der Waals surface area contributed by atoms with Gasteiger partial charge in [0.2, 0.25) is 0 Å². The standard InChI is InChI=1S/C28H46O5P.ClH/c1-6-9-17-34(18-10-7-2,19-11-8-3)26(24-15-13-12-14-16-24)20-27(30)32-21-25(29)22-33-28(31)23(4)5;/h12-16,25-26,29H,4,6-11,17-22H2,1-3,5H3;1H/q+1;/p-1. The van der Waals surface area contributed by atoms with Crippen LogP contribution in [0, 0.1) is 0 Å². The van der Waals surface area contributed by atoms with Crippen LogP contribution in [0.4, 0.5) is 0 Å². The molecule has 5 nitrogen and oxygen atoms in total. The van der Waals surface area contributed by atoms with E-state index in [4.69, 9.17) is 9.47 Å². The van der Waals surface area contributed by atoms with Gasteiger partial charge in [0.1, 0.15) is 25.0 Å². The number of esters is 2. The van der Waals surface area contributed by atoms with Crippen molar-refractivity contribution in [3.05, 3.63) is 48.0 Å². The fourth-order valence-electron chi connectivity index (χ4n) is 4.27. The predicted molar refractivity (Wildman–Crippen MR) is 143 cm³/mol. The van der Waals surface area contributed by atoms with Gasteiger partial charge in [-0.2, -0.15) is 0 Å². The lowest BCUT2D eigenvalue weighted by molar-refractivity contribution is -0.150. The van der Waals surface area contributed by atoms with Crippen molar-refractivity contribution in [1.82, 2.24) is 0 Å². The lowest BCUT2D eigenvalue weighted by Gasteiger charge is -2.35. The molecule has 0 amide bonds. The third-order valence-corrected chi connectivity index (χ3v) is 11.7. The molecule has 0 fully saturated rings. The average molecular weight is 529 g/mol. The van der Waals surface area contributed by atoms with Gasteiger partial charge in [0.05, 0.1) is 24.9 Å². The Kier molecular flexibility index (Phi) is 18.0. The molecular weight excluding hydrogens is 483 g/mol. The Bertz CT molecular complexity index is 718. The number of ether oxygens (including phenoxy) is 2. The number of hydrogen-bond acceptors (Lipinski definition) is 5. The molecule has 7 heteroatoms. The SMILES string of the molecule is C=C(C)C(=O)OCC(O)COC(=O)CC(c1ccccc1)[P+](CCCC)(CCCC)CCCC.[Cl-]. The number of hydrogen-bond donors (Lipinski definition) is 1. The van der Waals surface area contributed by atoms with Gasteiger partial charge in [-0.3, -0.25) is 4.79 Å². The summed E-state index contributed by atoms with van der Waals surface area (Å²) in [6, 6.07) is 10.4. The van der Waals surface area contributed by atoms with Gasteiger partial charge < -0.3 is 27.0 Å². The van der Waals surface area contributed by atoms with Crippen molar-refractivity contribution in [1.29, 1.82) is 0 Å². The van der Waals surface area contributed by atoms with Crippen LogP contribution >= 0.6 is 7.26 Å². The summed E-state index contributed by atoms with van der Waals surface area (Å²) in [6.07, 6.45) is 9.91. The normalized spacial score (nSPS) is 12.8. The number of aliphatic hydroxyl groups is 1. The van der Waals surface area contributed by atoms with E-state index in [0.29, 0.717) is 6.42 Å². The fraction of sp³-hybridized carbons (Fsp3) is 0.643. The van der Waals surface area contributed by atoms with E-state index in [9.17, 15) is 14.7 Å². The number of unbranched alkanes of at least 4 members (excludes halogenated alkanes) is 3. The third-order valence-electron chi connectivity index (χ3n) is 6.27. The van der Waals surface area contributed by atoms with Crippen molar-refractivity contribution >= 4 is 19.2 Å². The zero-order valence-electron chi connectivity index (χ0n) is 22.1. The van der Waals surface area contributed by atoms with Crippen LogP contribution in [-0.2, 0) is 19.1 Å². The molecule has 200 valence electrons. The molecule has 1 aromatic carbocycles. The maximum Gasteiger partial charge on any atom is 0.333 e. The van der Waals surface area contributed by atoms with Crippen molar-refractivity contribution < 1.29 is 36.6 Å². The minimum absolute atomic E-state index is 0. The fourth-order valence-corrected chi connectivity index (χ4v) is 10.1. The summed E-state index contributed by atoms with van der Waals surface area (Å²) >= 11 is 0. The first-order valence-electron chi connectivity index (χ1n) is 12.9. The maximum absolute atomic E-state index is 13.0. The van der Waals surface area contributed by atoms with Crippen molar-refractivity contribution in [3.63, 3.8) is 0 Å². The molecule has 0 spiro atoms. The van der Waals surface area contributed by atoms with Gasteiger partial charge in [-0.15, -0.1) is 0 Å². The highest BCUT2D eigenvalue weighted by Gasteiger charge is 2.46. The topological polar surface area (TPSA) is 72.8 Å². The molecule has 0 aromatic heterocycles. The lowest BCUT2D eigenvalue weighted by Crippen LogP contribution is -3.00. The van der Waals surface area contributed by atoms with Gasteiger partial charge in [-0.25, -0.2) is 4.79 Å². The van der Waals surface area contributed by atoms with Gasteiger partial charge in [0.15, 0.2) is 0 Å². The highest BCUT2D eigenvalue weighted by atomic mass is 35.5. The summed E-state index contributed by atoms with van der Waals surface area (Å²) in [4.78, 5) is 24.5. The van der Waals surface area contributed by atoms with Crippen LogP contribution < -0.4 is 12.4 Å². The van der Waals surface area contributed by atoms with E-state index >= 15 is 0 Å². The Morgan fingerprint density at radius 3 is 1.86 bits per heavy atom. The second-order valence-corrected chi connectivity index (χ2v) is 13.7. The Labute approximate surface area is 219 Å². The van der Waals surface area contributed by atoms with Gasteiger partial charge in [-0.05, 0) is 31.7 Å². The van der Waals surface area contributed by atoms with Gasteiger partial charge in [0, 0.05) is 12.8 Å². The molecule has 0 bridgehead atoms. The van der Waals surface area contributed by atoms with Crippen molar-refractivity contribution in [2.75, 3.05) is 31.7 Å². The molecule has 0 saturated carbocycles. The Balaban J connectivity index is 0.0000116. The van der Waals surface area contributed by atoms with E-state index in [2.05, 4.69) is 51.6 Å². The minimum Gasteiger partial charge on any atom is -1.00 e. The molecule has 1 aromatic rings. The Hall–Kier alpha value is -1.42. The van der Waals surface area contributed by atoms with Crippen LogP contribution in [0.3, 0.4) is 0 Å². The maximum atomic E-state index is 13.0. The molecule has 0 saturated heterocycles. The molecular formula is C28H46ClO5P. The number of carbonyl (C=O) groups is 2. The predicted octanol–water partition coefficient (Wildman–Crippen LogP) is 3.56. The number of aliphatic hydroxyl groups excluding tert-OH is 1. The van der Waals surface area contributed by atoms with E-state index in [1.165, 1.54) is 43.3 Å². The second-order valence-electron chi connectivity index (χ2n) is 9.30. The molecule has 2 unspecified atom stereocenters. The van der Waals surface area contributed by atoms with Gasteiger partial charge >= 0.3 is 11.9 Å². The van der Waals surface area contributed by atoms with Crippen LogP contribution in [0.5, 0.6) is 0 Å². The highest BCUT2D eigenvalue weighted by molar-refractivity contribution is 7.76. The summed E-state index contributed by atoms with van der Waals surface area (Å²) < 4.78 is 10.4. The lowest BCUT2D eigenvalue weighted by atomic mass is 10.1. The molecule has 2 atom stereocenters. The van der Waals surface area contributed by atoms with E-state index in [1.54, 1.807) is 6.92 Å². The van der Waals surface area contributed by atoms with Crippen molar-refractivity contribution in [3.8, 4) is 0 Å². The van der Waals surface area contributed by atoms with Crippen LogP contribution in [-0.4, -0.2) is 54.8 Å². The molecule has 1 N–H and O–H groups in total. The largest absolute Gasteiger partial charge is 1.00 e. The molecule has 0 heterocycles. The number of rotatable bonds is 18. The summed E-state index contributed by atoms with van der Waals surface area (Å²) in [5, 5.41) is 10.1. The smallest absolute Gasteiger partial charge is 0.333 e. The van der Waals surface area contributed by atoms with E-state index in [0.717, 1.165) is 19.3 Å². The zero-order valence-corrected chi connectivity index (χ0v) is 23.8. The monoisotopic (exact) mass is 528 g/mol. The molecule has 1 rings (SSSR count). The Morgan fingerprint density at radius 2 is 1.40 bits per heavy atom. The minimum atomic E-state index is -1.46. The first-order chi connectivity index (χ1) is 16.3. The number of halogens is 1. The number of benzene rings is 1. The zero-order chi connectivity index (χ0) is 25.4. The first-order valence-corrected chi connectivity index (χ1v) is 15.3. The van der Waals surface area contributed by atoms with Crippen LogP contribution in [0.25, 0.3) is 0 Å². The van der Waals surface area contributed by atoms with E-state index in [-0.39, 0.29) is 42.8 Å². The average Bonchev–Trinajstić information content (AvgIpc) is 2.85. The van der Waals surface area contributed by atoms with E-state index < -0.39 is 19.3 Å². The van der Waals surface area contributed by atoms with Crippen molar-refractivity contribution in [2.24, 2.45) is 0 Å². The van der Waals surface area contributed by atoms with Crippen LogP contribution in [0.15, 0.2) is 42.5 Å². The van der Waals surface area contributed by atoms with Crippen molar-refractivity contribution in [2.45, 2.75) is 84.4 Å². The summed E-state index contributed by atoms with van der Waals surface area (Å²) in [7, 11) is -1.46. The first kappa shape index (κ1) is 33.6. The van der Waals surface area contributed by atoms with Crippen LogP contribution in [0.1, 0.15) is 83.9 Å². The summed E-state index contributed by atoms with van der Waals surface area (Å²) in [5.74, 6) is -0.861. The van der Waals surface area contributed by atoms with E-state index in [1.807, 2.05) is 6.07 Å². The summed E-state index contributed by atoms with van der Waals surface area (Å²) in [5.41, 5.74) is 1.66. The number of carbonyl (C=O) groups excluding carboxylic acids is 2.